The summed E-state index contributed by atoms with van der Waals surface area (Å²) in [7, 11) is 3.48. The first-order valence-corrected chi connectivity index (χ1v) is 4.62. The van der Waals surface area contributed by atoms with Crippen molar-refractivity contribution in [3.05, 3.63) is 0 Å². The molecule has 0 aliphatic carbocycles. The van der Waals surface area contributed by atoms with Gasteiger partial charge < -0.3 is 15.3 Å². The van der Waals surface area contributed by atoms with Crippen LogP contribution >= 0.6 is 0 Å². The maximum absolute atomic E-state index is 11.1. The van der Waals surface area contributed by atoms with Crippen LogP contribution in [-0.4, -0.2) is 49.2 Å². The molecule has 0 fully saturated rings. The highest BCUT2D eigenvalue weighted by molar-refractivity contribution is 5.77. The van der Waals surface area contributed by atoms with E-state index < -0.39 is 0 Å². The zero-order chi connectivity index (χ0) is 10.3. The van der Waals surface area contributed by atoms with Gasteiger partial charge in [0.05, 0.1) is 6.54 Å². The lowest BCUT2D eigenvalue weighted by Gasteiger charge is -2.15. The van der Waals surface area contributed by atoms with Crippen LogP contribution in [-0.2, 0) is 4.79 Å². The van der Waals surface area contributed by atoms with E-state index in [0.29, 0.717) is 6.54 Å². The van der Waals surface area contributed by atoms with E-state index in [0.717, 1.165) is 12.8 Å². The summed E-state index contributed by atoms with van der Waals surface area (Å²) in [5.74, 6) is 0.0795. The molecule has 4 heteroatoms. The number of nitrogens with one attached hydrogen (secondary N) is 1. The molecule has 4 nitrogen and oxygen atoms in total. The number of aliphatic hydroxyl groups excluding tert-OH is 1. The first kappa shape index (κ1) is 12.4. The largest absolute Gasteiger partial charge is 0.396 e. The molecular weight excluding hydrogens is 168 g/mol. The summed E-state index contributed by atoms with van der Waals surface area (Å²) in [6.07, 6.45) is 1.68. The third-order valence-electron chi connectivity index (χ3n) is 1.90. The van der Waals surface area contributed by atoms with E-state index in [1.807, 2.05) is 6.92 Å². The molecule has 0 spiro atoms. The Morgan fingerprint density at radius 2 is 2.15 bits per heavy atom. The van der Waals surface area contributed by atoms with Gasteiger partial charge in [0, 0.05) is 26.7 Å². The topological polar surface area (TPSA) is 52.6 Å². The lowest BCUT2D eigenvalue weighted by atomic mass is 10.2. The fourth-order valence-corrected chi connectivity index (χ4v) is 0.919. The van der Waals surface area contributed by atoms with Crippen LogP contribution in [0.3, 0.4) is 0 Å². The van der Waals surface area contributed by atoms with E-state index in [4.69, 9.17) is 5.11 Å². The Balaban J connectivity index is 3.46. The quantitative estimate of drug-likeness (QED) is 0.608. The summed E-state index contributed by atoms with van der Waals surface area (Å²) in [6, 6.07) is 0.288. The highest BCUT2D eigenvalue weighted by atomic mass is 16.2. The third-order valence-corrected chi connectivity index (χ3v) is 1.90. The highest BCUT2D eigenvalue weighted by Crippen LogP contribution is 1.94. The van der Waals surface area contributed by atoms with E-state index in [1.54, 1.807) is 19.0 Å². The lowest BCUT2D eigenvalue weighted by molar-refractivity contribution is -0.127. The average Bonchev–Trinajstić information content (AvgIpc) is 2.10. The van der Waals surface area contributed by atoms with Crippen molar-refractivity contribution in [2.45, 2.75) is 25.8 Å². The van der Waals surface area contributed by atoms with Crippen LogP contribution in [0.15, 0.2) is 0 Å². The summed E-state index contributed by atoms with van der Waals surface area (Å²) in [5, 5.41) is 11.7. The number of hydrogen-bond donors (Lipinski definition) is 2. The van der Waals surface area contributed by atoms with Gasteiger partial charge in [-0.3, -0.25) is 4.79 Å². The fraction of sp³-hybridized carbons (Fsp3) is 0.889. The van der Waals surface area contributed by atoms with Crippen molar-refractivity contribution in [2.75, 3.05) is 27.2 Å². The number of aliphatic hydroxyl groups is 1. The van der Waals surface area contributed by atoms with Crippen molar-refractivity contribution in [3.8, 4) is 0 Å². The molecule has 0 saturated carbocycles. The maximum Gasteiger partial charge on any atom is 0.236 e. The van der Waals surface area contributed by atoms with Gasteiger partial charge in [-0.2, -0.15) is 0 Å². The first-order valence-electron chi connectivity index (χ1n) is 4.62. The molecule has 13 heavy (non-hydrogen) atoms. The Morgan fingerprint density at radius 3 is 2.62 bits per heavy atom. The molecule has 0 aliphatic heterocycles. The second-order valence-electron chi connectivity index (χ2n) is 3.44. The number of nitrogens with zero attached hydrogens (tertiary/aromatic N) is 1. The Morgan fingerprint density at radius 1 is 1.54 bits per heavy atom. The van der Waals surface area contributed by atoms with E-state index in [-0.39, 0.29) is 18.6 Å². The van der Waals surface area contributed by atoms with E-state index in [2.05, 4.69) is 5.32 Å². The number of carbonyl (C=O) groups excluding carboxylic acids is 1. The second-order valence-corrected chi connectivity index (χ2v) is 3.44. The van der Waals surface area contributed by atoms with Crippen LogP contribution in [0.25, 0.3) is 0 Å². The normalized spacial score (nSPS) is 12.6. The van der Waals surface area contributed by atoms with Gasteiger partial charge in [-0.15, -0.1) is 0 Å². The van der Waals surface area contributed by atoms with Gasteiger partial charge >= 0.3 is 0 Å². The molecule has 0 heterocycles. The molecule has 0 aromatic heterocycles. The maximum atomic E-state index is 11.1. The first-order chi connectivity index (χ1) is 6.07. The average molecular weight is 188 g/mol. The minimum atomic E-state index is 0.0795. The summed E-state index contributed by atoms with van der Waals surface area (Å²) in [6.45, 7) is 2.60. The molecule has 1 amide bonds. The molecule has 0 saturated heterocycles. The van der Waals surface area contributed by atoms with Crippen molar-refractivity contribution < 1.29 is 9.90 Å². The number of amides is 1. The Kier molecular flexibility index (Phi) is 6.54. The standard InChI is InChI=1S/C9H20N2O2/c1-8(5-4-6-12)10-7-9(13)11(2)3/h8,10,12H,4-7H2,1-3H3. The van der Waals surface area contributed by atoms with Crippen molar-refractivity contribution in [1.29, 1.82) is 0 Å². The molecule has 0 aromatic rings. The minimum Gasteiger partial charge on any atom is -0.396 e. The molecule has 1 atom stereocenters. The number of rotatable bonds is 6. The molecule has 1 unspecified atom stereocenters. The third kappa shape index (κ3) is 6.54. The molecular formula is C9H20N2O2. The van der Waals surface area contributed by atoms with Crippen molar-refractivity contribution in [2.24, 2.45) is 0 Å². The zero-order valence-electron chi connectivity index (χ0n) is 8.71. The summed E-state index contributed by atoms with van der Waals surface area (Å²) >= 11 is 0. The van der Waals surface area contributed by atoms with Gasteiger partial charge in [0.2, 0.25) is 5.91 Å². The lowest BCUT2D eigenvalue weighted by Crippen LogP contribution is -2.37. The summed E-state index contributed by atoms with van der Waals surface area (Å²) in [5.41, 5.74) is 0. The fourth-order valence-electron chi connectivity index (χ4n) is 0.919. The Hall–Kier alpha value is -0.610. The predicted octanol–water partition coefficient (Wildman–Crippen LogP) is -0.175. The van der Waals surface area contributed by atoms with Crippen LogP contribution in [0.1, 0.15) is 19.8 Å². The molecule has 0 radical (unpaired) electrons. The number of likely N-dealkylation sites (N-methyl/N-ethyl adjacent to an activating group) is 1. The highest BCUT2D eigenvalue weighted by Gasteiger charge is 2.06. The summed E-state index contributed by atoms with van der Waals surface area (Å²) < 4.78 is 0. The van der Waals surface area contributed by atoms with Gasteiger partial charge in [-0.05, 0) is 19.8 Å². The number of carbonyl (C=O) groups is 1. The van der Waals surface area contributed by atoms with Crippen LogP contribution in [0.5, 0.6) is 0 Å². The van der Waals surface area contributed by atoms with Gasteiger partial charge in [0.25, 0.3) is 0 Å². The van der Waals surface area contributed by atoms with Crippen LogP contribution in [0.4, 0.5) is 0 Å². The zero-order valence-corrected chi connectivity index (χ0v) is 8.71. The van der Waals surface area contributed by atoms with Crippen LogP contribution < -0.4 is 5.32 Å². The van der Waals surface area contributed by atoms with Crippen molar-refractivity contribution in [1.82, 2.24) is 10.2 Å². The second kappa shape index (κ2) is 6.86. The molecule has 0 aromatic carbocycles. The van der Waals surface area contributed by atoms with Crippen LogP contribution in [0.2, 0.25) is 0 Å². The molecule has 0 aliphatic rings. The Bertz CT molecular complexity index is 149. The SMILES string of the molecule is CC(CCCO)NCC(=O)N(C)C. The van der Waals surface area contributed by atoms with Crippen molar-refractivity contribution in [3.63, 3.8) is 0 Å². The molecule has 0 bridgehead atoms. The summed E-state index contributed by atoms with van der Waals surface area (Å²) in [4.78, 5) is 12.7. The van der Waals surface area contributed by atoms with Gasteiger partial charge in [-0.1, -0.05) is 0 Å². The monoisotopic (exact) mass is 188 g/mol. The molecule has 78 valence electrons. The molecule has 2 N–H and O–H groups in total. The molecule has 0 rings (SSSR count). The van der Waals surface area contributed by atoms with Crippen molar-refractivity contribution >= 4 is 5.91 Å². The number of hydrogen-bond acceptors (Lipinski definition) is 3. The van der Waals surface area contributed by atoms with E-state index in [1.165, 1.54) is 0 Å². The Labute approximate surface area is 79.9 Å². The van der Waals surface area contributed by atoms with E-state index >= 15 is 0 Å². The minimum absolute atomic E-state index is 0.0795. The van der Waals surface area contributed by atoms with Gasteiger partial charge in [0.1, 0.15) is 0 Å². The van der Waals surface area contributed by atoms with Gasteiger partial charge in [0.15, 0.2) is 0 Å². The smallest absolute Gasteiger partial charge is 0.236 e. The van der Waals surface area contributed by atoms with Crippen LogP contribution in [0, 0.1) is 0 Å². The van der Waals surface area contributed by atoms with Gasteiger partial charge in [-0.25, -0.2) is 0 Å². The van der Waals surface area contributed by atoms with E-state index in [9.17, 15) is 4.79 Å². The predicted molar refractivity (Wildman–Crippen MR) is 52.5 cm³/mol.